The summed E-state index contributed by atoms with van der Waals surface area (Å²) in [5, 5.41) is 9.01. The van der Waals surface area contributed by atoms with Crippen molar-refractivity contribution in [2.45, 2.75) is 32.6 Å². The summed E-state index contributed by atoms with van der Waals surface area (Å²) in [4.78, 5) is 14.8. The van der Waals surface area contributed by atoms with Crippen LogP contribution in [0.2, 0.25) is 5.02 Å². The first kappa shape index (κ1) is 15.2. The molecule has 0 radical (unpaired) electrons. The van der Waals surface area contributed by atoms with E-state index in [1.165, 1.54) is 0 Å². The first-order valence-corrected chi connectivity index (χ1v) is 5.41. The average molecular weight is 264 g/mol. The molecule has 0 bridgehead atoms. The van der Waals surface area contributed by atoms with E-state index in [0.717, 1.165) is 31.4 Å². The zero-order valence-electron chi connectivity index (χ0n) is 9.07. The third-order valence-corrected chi connectivity index (χ3v) is 2.45. The molecule has 16 heavy (non-hydrogen) atoms. The summed E-state index contributed by atoms with van der Waals surface area (Å²) in [7, 11) is 0. The van der Waals surface area contributed by atoms with Crippen LogP contribution in [0.1, 0.15) is 42.4 Å². The predicted molar refractivity (Wildman–Crippen MR) is 66.7 cm³/mol. The molecule has 0 saturated heterocycles. The van der Waals surface area contributed by atoms with Crippen LogP contribution >= 0.6 is 24.0 Å². The first-order valence-electron chi connectivity index (χ1n) is 5.04. The number of aryl methyl sites for hydroxylation is 1. The van der Waals surface area contributed by atoms with Crippen LogP contribution in [0.25, 0.3) is 0 Å². The summed E-state index contributed by atoms with van der Waals surface area (Å²) in [5.41, 5.74) is 0.746. The van der Waals surface area contributed by atoms with Crippen molar-refractivity contribution < 1.29 is 9.90 Å². The largest absolute Gasteiger partial charge is 0.476 e. The van der Waals surface area contributed by atoms with Crippen LogP contribution < -0.4 is 0 Å². The van der Waals surface area contributed by atoms with E-state index in [9.17, 15) is 4.79 Å². The number of aromatic carboxylic acids is 1. The van der Waals surface area contributed by atoms with E-state index in [0.29, 0.717) is 0 Å². The Morgan fingerprint density at radius 1 is 1.44 bits per heavy atom. The number of rotatable bonds is 5. The third kappa shape index (κ3) is 4.37. The number of hydrogen-bond acceptors (Lipinski definition) is 2. The molecule has 5 heteroatoms. The molecule has 90 valence electrons. The Morgan fingerprint density at radius 2 is 2.12 bits per heavy atom. The lowest BCUT2D eigenvalue weighted by molar-refractivity contribution is 0.0690. The molecule has 1 aromatic rings. The second-order valence-electron chi connectivity index (χ2n) is 3.40. The molecule has 0 fully saturated rings. The maximum atomic E-state index is 10.8. The Bertz CT molecular complexity index is 356. The Morgan fingerprint density at radius 3 is 2.69 bits per heavy atom. The Hall–Kier alpha value is -0.800. The molecule has 0 atom stereocenters. The molecular weight excluding hydrogens is 249 g/mol. The Labute approximate surface area is 106 Å². The van der Waals surface area contributed by atoms with Gasteiger partial charge in [0.1, 0.15) is 0 Å². The van der Waals surface area contributed by atoms with E-state index < -0.39 is 5.97 Å². The minimum absolute atomic E-state index is 0. The van der Waals surface area contributed by atoms with Gasteiger partial charge in [-0.3, -0.25) is 0 Å². The lowest BCUT2D eigenvalue weighted by Gasteiger charge is -2.02. The second-order valence-corrected chi connectivity index (χ2v) is 3.80. The average Bonchev–Trinajstić information content (AvgIpc) is 2.20. The molecular formula is C11H15Cl2NO2. The number of carboxylic acid groups (broad SMARTS) is 1. The molecule has 0 unspecified atom stereocenters. The molecule has 0 aliphatic heterocycles. The van der Waals surface area contributed by atoms with E-state index in [1.54, 1.807) is 12.1 Å². The number of nitrogens with zero attached hydrogens (tertiary/aromatic N) is 1. The molecule has 0 spiro atoms. The van der Waals surface area contributed by atoms with Gasteiger partial charge >= 0.3 is 5.97 Å². The number of unbranched alkanes of at least 4 members (excludes halogenated alkanes) is 2. The molecule has 3 nitrogen and oxygen atoms in total. The van der Waals surface area contributed by atoms with Crippen LogP contribution in [-0.2, 0) is 6.42 Å². The molecule has 1 aromatic heterocycles. The SMILES string of the molecule is CCCCCc1ccc(Cl)c(C(=O)O)n1.Cl. The van der Waals surface area contributed by atoms with Crippen LogP contribution in [0.4, 0.5) is 0 Å². The molecule has 1 rings (SSSR count). The summed E-state index contributed by atoms with van der Waals surface area (Å²) >= 11 is 5.71. The van der Waals surface area contributed by atoms with Crippen molar-refractivity contribution in [3.8, 4) is 0 Å². The van der Waals surface area contributed by atoms with Crippen LogP contribution in [-0.4, -0.2) is 16.1 Å². The minimum Gasteiger partial charge on any atom is -0.476 e. The third-order valence-electron chi connectivity index (χ3n) is 2.14. The summed E-state index contributed by atoms with van der Waals surface area (Å²) < 4.78 is 0. The topological polar surface area (TPSA) is 50.2 Å². The smallest absolute Gasteiger partial charge is 0.356 e. The molecule has 0 aromatic carbocycles. The van der Waals surface area contributed by atoms with Gasteiger partial charge in [-0.25, -0.2) is 9.78 Å². The summed E-state index contributed by atoms with van der Waals surface area (Å²) in [6.45, 7) is 2.12. The van der Waals surface area contributed by atoms with Crippen molar-refractivity contribution >= 4 is 30.0 Å². The fraction of sp³-hybridized carbons (Fsp3) is 0.455. The van der Waals surface area contributed by atoms with Crippen molar-refractivity contribution in [2.24, 2.45) is 0 Å². The fourth-order valence-corrected chi connectivity index (χ4v) is 1.51. The van der Waals surface area contributed by atoms with Gasteiger partial charge in [-0.2, -0.15) is 0 Å². The summed E-state index contributed by atoms with van der Waals surface area (Å²) in [6, 6.07) is 3.38. The van der Waals surface area contributed by atoms with Crippen molar-refractivity contribution in [1.82, 2.24) is 4.98 Å². The van der Waals surface area contributed by atoms with Gasteiger partial charge in [-0.1, -0.05) is 31.4 Å². The van der Waals surface area contributed by atoms with E-state index in [2.05, 4.69) is 11.9 Å². The predicted octanol–water partition coefficient (Wildman–Crippen LogP) is 3.59. The number of carbonyl (C=O) groups is 1. The Kier molecular flexibility index (Phi) is 7.10. The van der Waals surface area contributed by atoms with Crippen LogP contribution in [0.3, 0.4) is 0 Å². The number of hydrogen-bond donors (Lipinski definition) is 1. The highest BCUT2D eigenvalue weighted by Crippen LogP contribution is 2.15. The molecule has 1 heterocycles. The highest BCUT2D eigenvalue weighted by atomic mass is 35.5. The monoisotopic (exact) mass is 263 g/mol. The van der Waals surface area contributed by atoms with E-state index in [4.69, 9.17) is 16.7 Å². The van der Waals surface area contributed by atoms with Crippen LogP contribution in [0, 0.1) is 0 Å². The van der Waals surface area contributed by atoms with Gasteiger partial charge in [0.2, 0.25) is 0 Å². The second kappa shape index (κ2) is 7.47. The number of carboxylic acids is 1. The number of pyridine rings is 1. The van der Waals surface area contributed by atoms with E-state index in [-0.39, 0.29) is 23.1 Å². The zero-order valence-corrected chi connectivity index (χ0v) is 10.6. The normalized spacial score (nSPS) is 9.62. The van der Waals surface area contributed by atoms with Crippen molar-refractivity contribution in [3.63, 3.8) is 0 Å². The van der Waals surface area contributed by atoms with Crippen LogP contribution in [0.15, 0.2) is 12.1 Å². The van der Waals surface area contributed by atoms with Gasteiger partial charge in [-0.05, 0) is 25.0 Å². The van der Waals surface area contributed by atoms with E-state index in [1.807, 2.05) is 0 Å². The minimum atomic E-state index is -1.07. The van der Waals surface area contributed by atoms with Gasteiger partial charge in [0, 0.05) is 5.69 Å². The maximum absolute atomic E-state index is 10.8. The highest BCUT2D eigenvalue weighted by Gasteiger charge is 2.10. The fourth-order valence-electron chi connectivity index (χ4n) is 1.33. The zero-order chi connectivity index (χ0) is 11.3. The van der Waals surface area contributed by atoms with Crippen molar-refractivity contribution in [1.29, 1.82) is 0 Å². The number of halogens is 2. The summed E-state index contributed by atoms with van der Waals surface area (Å²) in [6.07, 6.45) is 4.11. The molecule has 0 saturated carbocycles. The van der Waals surface area contributed by atoms with Crippen molar-refractivity contribution in [3.05, 3.63) is 28.5 Å². The first-order chi connectivity index (χ1) is 7.15. The quantitative estimate of drug-likeness (QED) is 0.827. The Balaban J connectivity index is 0.00000225. The lowest BCUT2D eigenvalue weighted by atomic mass is 10.1. The van der Waals surface area contributed by atoms with Gasteiger partial charge in [-0.15, -0.1) is 12.4 Å². The summed E-state index contributed by atoms with van der Waals surface area (Å²) in [5.74, 6) is -1.07. The van der Waals surface area contributed by atoms with Gasteiger partial charge in [0.05, 0.1) is 5.02 Å². The van der Waals surface area contributed by atoms with Gasteiger partial charge in [0.15, 0.2) is 5.69 Å². The molecule has 0 aliphatic rings. The van der Waals surface area contributed by atoms with Gasteiger partial charge in [0.25, 0.3) is 0 Å². The molecule has 1 N–H and O–H groups in total. The van der Waals surface area contributed by atoms with Crippen molar-refractivity contribution in [2.75, 3.05) is 0 Å². The highest BCUT2D eigenvalue weighted by molar-refractivity contribution is 6.33. The molecule has 0 amide bonds. The standard InChI is InChI=1S/C11H14ClNO2.ClH/c1-2-3-4-5-8-6-7-9(12)10(13-8)11(14)15;/h6-7H,2-5H2,1H3,(H,14,15);1H. The van der Waals surface area contributed by atoms with E-state index >= 15 is 0 Å². The van der Waals surface area contributed by atoms with Gasteiger partial charge < -0.3 is 5.11 Å². The van der Waals surface area contributed by atoms with Crippen LogP contribution in [0.5, 0.6) is 0 Å². The molecule has 0 aliphatic carbocycles. The lowest BCUT2D eigenvalue weighted by Crippen LogP contribution is -2.04. The maximum Gasteiger partial charge on any atom is 0.356 e. The number of aromatic nitrogens is 1.